The van der Waals surface area contributed by atoms with E-state index in [4.69, 9.17) is 9.47 Å². The summed E-state index contributed by atoms with van der Waals surface area (Å²) >= 11 is 0. The highest BCUT2D eigenvalue weighted by Gasteiger charge is 2.36. The predicted octanol–water partition coefficient (Wildman–Crippen LogP) is 4.71. The Morgan fingerprint density at radius 3 is 2.12 bits per heavy atom. The molecule has 9 nitrogen and oxygen atoms in total. The van der Waals surface area contributed by atoms with Gasteiger partial charge in [-0.05, 0) is 65.2 Å². The molecule has 5 amide bonds. The van der Waals surface area contributed by atoms with Crippen LogP contribution in [0.3, 0.4) is 0 Å². The standard InChI is InChI=1S/C31H24FN3O6/c32-23-9-13-25(14-10-23)41-24-11-6-20(7-12-24)17-33-28(36)26-16-22(18-35-30(38)29(37)34-31(35)39)8-15-27(26)40-19-21-4-2-1-3-5-21/h1-16H,17-19H2,(H,33,36)(H,34,37,39). The lowest BCUT2D eigenvalue weighted by Gasteiger charge is -2.16. The van der Waals surface area contributed by atoms with Gasteiger partial charge in [0.05, 0.1) is 12.1 Å². The van der Waals surface area contributed by atoms with Crippen molar-refractivity contribution in [2.75, 3.05) is 0 Å². The Morgan fingerprint density at radius 2 is 1.46 bits per heavy atom. The van der Waals surface area contributed by atoms with E-state index < -0.39 is 23.8 Å². The Kier molecular flexibility index (Phi) is 8.00. The summed E-state index contributed by atoms with van der Waals surface area (Å²) in [5.74, 6) is -1.39. The molecule has 1 aliphatic rings. The molecule has 1 fully saturated rings. The van der Waals surface area contributed by atoms with Crippen LogP contribution in [0.15, 0.2) is 97.1 Å². The zero-order valence-electron chi connectivity index (χ0n) is 21.6. The van der Waals surface area contributed by atoms with Gasteiger partial charge in [-0.2, -0.15) is 0 Å². The number of hydrogen-bond donors (Lipinski definition) is 2. The highest BCUT2D eigenvalue weighted by Crippen LogP contribution is 2.24. The lowest BCUT2D eigenvalue weighted by molar-refractivity contribution is -0.140. The van der Waals surface area contributed by atoms with E-state index in [0.29, 0.717) is 22.8 Å². The molecule has 41 heavy (non-hydrogen) atoms. The number of halogens is 1. The van der Waals surface area contributed by atoms with Gasteiger partial charge in [0.2, 0.25) is 0 Å². The van der Waals surface area contributed by atoms with Gasteiger partial charge < -0.3 is 14.8 Å². The minimum absolute atomic E-state index is 0.189. The largest absolute Gasteiger partial charge is 0.488 e. The molecule has 5 rings (SSSR count). The summed E-state index contributed by atoms with van der Waals surface area (Å²) < 4.78 is 24.8. The molecule has 1 aliphatic heterocycles. The third-order valence-electron chi connectivity index (χ3n) is 6.20. The van der Waals surface area contributed by atoms with Crippen LogP contribution in [0.1, 0.15) is 27.0 Å². The highest BCUT2D eigenvalue weighted by molar-refractivity contribution is 6.44. The number of urea groups is 1. The molecule has 1 saturated heterocycles. The molecule has 4 aromatic rings. The summed E-state index contributed by atoms with van der Waals surface area (Å²) in [5, 5.41) is 4.81. The first kappa shape index (κ1) is 27.1. The molecule has 206 valence electrons. The van der Waals surface area contributed by atoms with E-state index in [-0.39, 0.29) is 31.1 Å². The molecular formula is C31H24FN3O6. The Morgan fingerprint density at radius 1 is 0.805 bits per heavy atom. The average Bonchev–Trinajstić information content (AvgIpc) is 3.23. The Labute approximate surface area is 234 Å². The lowest BCUT2D eigenvalue weighted by Crippen LogP contribution is -2.30. The molecule has 0 aliphatic carbocycles. The number of carbonyl (C=O) groups is 4. The van der Waals surface area contributed by atoms with Crippen LogP contribution in [0.4, 0.5) is 9.18 Å². The van der Waals surface area contributed by atoms with Gasteiger partial charge in [0, 0.05) is 6.54 Å². The van der Waals surface area contributed by atoms with Crippen molar-refractivity contribution in [3.8, 4) is 17.2 Å². The van der Waals surface area contributed by atoms with Crippen molar-refractivity contribution in [2.24, 2.45) is 0 Å². The van der Waals surface area contributed by atoms with Crippen LogP contribution < -0.4 is 20.1 Å². The van der Waals surface area contributed by atoms with Crippen LogP contribution in [-0.2, 0) is 29.3 Å². The predicted molar refractivity (Wildman–Crippen MR) is 145 cm³/mol. The number of nitrogens with zero attached hydrogens (tertiary/aromatic N) is 1. The van der Waals surface area contributed by atoms with Crippen molar-refractivity contribution in [1.29, 1.82) is 0 Å². The molecular weight excluding hydrogens is 529 g/mol. The summed E-state index contributed by atoms with van der Waals surface area (Å²) in [6.07, 6.45) is 0. The van der Waals surface area contributed by atoms with E-state index >= 15 is 0 Å². The van der Waals surface area contributed by atoms with Crippen molar-refractivity contribution in [2.45, 2.75) is 19.7 Å². The van der Waals surface area contributed by atoms with Gasteiger partial charge in [-0.1, -0.05) is 48.5 Å². The van der Waals surface area contributed by atoms with E-state index in [1.807, 2.05) is 35.6 Å². The first-order valence-electron chi connectivity index (χ1n) is 12.6. The summed E-state index contributed by atoms with van der Waals surface area (Å²) in [5.41, 5.74) is 2.37. The van der Waals surface area contributed by atoms with E-state index in [2.05, 4.69) is 5.32 Å². The first-order chi connectivity index (χ1) is 19.9. The number of ether oxygens (including phenoxy) is 2. The minimum Gasteiger partial charge on any atom is -0.488 e. The van der Waals surface area contributed by atoms with Gasteiger partial charge in [-0.3, -0.25) is 24.6 Å². The number of imide groups is 2. The number of hydrogen-bond acceptors (Lipinski definition) is 6. The van der Waals surface area contributed by atoms with E-state index in [0.717, 1.165) is 16.0 Å². The summed E-state index contributed by atoms with van der Waals surface area (Å²) in [6, 6.07) is 26.1. The molecule has 4 aromatic carbocycles. The van der Waals surface area contributed by atoms with E-state index in [1.54, 1.807) is 36.4 Å². The molecule has 1 heterocycles. The molecule has 0 radical (unpaired) electrons. The number of rotatable bonds is 10. The van der Waals surface area contributed by atoms with Crippen molar-refractivity contribution in [3.63, 3.8) is 0 Å². The van der Waals surface area contributed by atoms with Crippen molar-refractivity contribution < 1.29 is 33.0 Å². The maximum Gasteiger partial charge on any atom is 0.331 e. The van der Waals surface area contributed by atoms with Gasteiger partial charge in [-0.15, -0.1) is 0 Å². The van der Waals surface area contributed by atoms with Gasteiger partial charge in [0.25, 0.3) is 5.91 Å². The van der Waals surface area contributed by atoms with Gasteiger partial charge in [0.15, 0.2) is 0 Å². The third kappa shape index (κ3) is 6.74. The van der Waals surface area contributed by atoms with Crippen LogP contribution in [0.25, 0.3) is 0 Å². The monoisotopic (exact) mass is 553 g/mol. The van der Waals surface area contributed by atoms with E-state index in [9.17, 15) is 23.6 Å². The molecule has 0 spiro atoms. The quantitative estimate of drug-likeness (QED) is 0.217. The fourth-order valence-corrected chi connectivity index (χ4v) is 4.06. The Bertz CT molecular complexity index is 1590. The molecule has 0 saturated carbocycles. The van der Waals surface area contributed by atoms with Gasteiger partial charge in [-0.25, -0.2) is 9.18 Å². The van der Waals surface area contributed by atoms with Gasteiger partial charge in [0.1, 0.15) is 29.7 Å². The smallest absolute Gasteiger partial charge is 0.331 e. The van der Waals surface area contributed by atoms with Crippen LogP contribution in [0, 0.1) is 5.82 Å². The zero-order chi connectivity index (χ0) is 28.8. The topological polar surface area (TPSA) is 114 Å². The zero-order valence-corrected chi connectivity index (χ0v) is 21.6. The maximum absolute atomic E-state index is 13.3. The fraction of sp³-hybridized carbons (Fsp3) is 0.0968. The van der Waals surface area contributed by atoms with Crippen LogP contribution >= 0.6 is 0 Å². The molecule has 0 atom stereocenters. The third-order valence-corrected chi connectivity index (χ3v) is 6.20. The van der Waals surface area contributed by atoms with Crippen LogP contribution in [0.5, 0.6) is 17.2 Å². The Hall–Kier alpha value is -5.51. The molecule has 10 heteroatoms. The number of benzene rings is 4. The second-order valence-electron chi connectivity index (χ2n) is 9.14. The summed E-state index contributed by atoms with van der Waals surface area (Å²) in [7, 11) is 0. The molecule has 0 unspecified atom stereocenters. The number of nitrogens with one attached hydrogen (secondary N) is 2. The second kappa shape index (κ2) is 12.1. The summed E-state index contributed by atoms with van der Waals surface area (Å²) in [6.45, 7) is 0.224. The number of amides is 5. The lowest BCUT2D eigenvalue weighted by atomic mass is 10.1. The minimum atomic E-state index is -0.995. The van der Waals surface area contributed by atoms with Crippen LogP contribution in [0.2, 0.25) is 0 Å². The first-order valence-corrected chi connectivity index (χ1v) is 12.6. The second-order valence-corrected chi connectivity index (χ2v) is 9.14. The average molecular weight is 554 g/mol. The maximum atomic E-state index is 13.3. The van der Waals surface area contributed by atoms with Crippen molar-refractivity contribution >= 4 is 23.8 Å². The van der Waals surface area contributed by atoms with Crippen molar-refractivity contribution in [1.82, 2.24) is 15.5 Å². The molecule has 0 aromatic heterocycles. The Balaban J connectivity index is 1.29. The SMILES string of the molecule is O=C1NC(=O)N(Cc2ccc(OCc3ccccc3)c(C(=O)NCc3ccc(Oc4ccc(F)cc4)cc3)c2)C1=O. The normalized spacial score (nSPS) is 12.7. The highest BCUT2D eigenvalue weighted by atomic mass is 19.1. The van der Waals surface area contributed by atoms with Gasteiger partial charge >= 0.3 is 17.8 Å². The summed E-state index contributed by atoms with van der Waals surface area (Å²) in [4.78, 5) is 49.6. The van der Waals surface area contributed by atoms with Crippen molar-refractivity contribution in [3.05, 3.63) is 125 Å². The van der Waals surface area contributed by atoms with E-state index in [1.165, 1.54) is 30.3 Å². The number of carbonyl (C=O) groups excluding carboxylic acids is 4. The molecule has 2 N–H and O–H groups in total. The molecule has 0 bridgehead atoms. The van der Waals surface area contributed by atoms with Crippen LogP contribution in [-0.4, -0.2) is 28.7 Å². The fourth-order valence-electron chi connectivity index (χ4n) is 4.06.